The van der Waals surface area contributed by atoms with Crippen molar-refractivity contribution in [2.75, 3.05) is 5.32 Å². The van der Waals surface area contributed by atoms with Crippen molar-refractivity contribution in [3.63, 3.8) is 0 Å². The first-order chi connectivity index (χ1) is 10.4. The summed E-state index contributed by atoms with van der Waals surface area (Å²) >= 11 is 0. The summed E-state index contributed by atoms with van der Waals surface area (Å²) in [6.45, 7) is 3.75. The Hall–Kier alpha value is -2.18. The predicted octanol–water partition coefficient (Wildman–Crippen LogP) is 2.03. The van der Waals surface area contributed by atoms with E-state index in [1.807, 2.05) is 19.9 Å². The Morgan fingerprint density at radius 2 is 1.91 bits per heavy atom. The molecule has 112 valence electrons. The Labute approximate surface area is 128 Å². The second-order valence-corrected chi connectivity index (χ2v) is 5.74. The van der Waals surface area contributed by atoms with Crippen LogP contribution in [0.1, 0.15) is 29.8 Å². The molecule has 1 aliphatic rings. The van der Waals surface area contributed by atoms with Gasteiger partial charge in [-0.2, -0.15) is 0 Å². The number of carbonyl (C=O) groups is 1. The van der Waals surface area contributed by atoms with Crippen molar-refractivity contribution in [3.8, 4) is 0 Å². The van der Waals surface area contributed by atoms with E-state index in [4.69, 9.17) is 4.65 Å². The minimum Gasteiger partial charge on any atom is -0.423 e. The lowest BCUT2D eigenvalue weighted by atomic mass is 9.78. The smallest absolute Gasteiger partial charge is 0.423 e. The van der Waals surface area contributed by atoms with Gasteiger partial charge in [0.2, 0.25) is 0 Å². The topological polar surface area (TPSA) is 58.6 Å². The van der Waals surface area contributed by atoms with Gasteiger partial charge in [0.05, 0.1) is 5.60 Å². The summed E-state index contributed by atoms with van der Waals surface area (Å²) in [6, 6.07) is 10.6. The van der Waals surface area contributed by atoms with E-state index in [0.29, 0.717) is 16.7 Å². The Balaban J connectivity index is 1.84. The normalized spacial score (nSPS) is 15.5. The first-order valence-electron chi connectivity index (χ1n) is 6.94. The second kappa shape index (κ2) is 5.23. The summed E-state index contributed by atoms with van der Waals surface area (Å²) < 4.78 is 18.3. The van der Waals surface area contributed by atoms with Crippen molar-refractivity contribution < 1.29 is 18.9 Å². The van der Waals surface area contributed by atoms with Crippen LogP contribution >= 0.6 is 0 Å². The van der Waals surface area contributed by atoms with E-state index in [1.165, 1.54) is 24.3 Å². The molecule has 0 unspecified atom stereocenters. The van der Waals surface area contributed by atoms with Crippen LogP contribution in [0.2, 0.25) is 0 Å². The van der Waals surface area contributed by atoms with E-state index in [-0.39, 0.29) is 5.91 Å². The zero-order chi connectivity index (χ0) is 15.9. The zero-order valence-corrected chi connectivity index (χ0v) is 12.3. The molecular formula is C16H15BFNO3. The number of fused-ring (bicyclic) bond motifs is 1. The number of halogens is 1. The fourth-order valence-corrected chi connectivity index (χ4v) is 2.60. The van der Waals surface area contributed by atoms with Gasteiger partial charge in [0.1, 0.15) is 5.82 Å². The average molecular weight is 299 g/mol. The summed E-state index contributed by atoms with van der Waals surface area (Å²) in [7, 11) is -1.01. The van der Waals surface area contributed by atoms with Crippen LogP contribution in [0.25, 0.3) is 0 Å². The number of hydrogen-bond acceptors (Lipinski definition) is 3. The molecule has 2 N–H and O–H groups in total. The molecule has 6 heteroatoms. The maximum absolute atomic E-state index is 12.9. The predicted molar refractivity (Wildman–Crippen MR) is 82.5 cm³/mol. The third-order valence-corrected chi connectivity index (χ3v) is 3.74. The van der Waals surface area contributed by atoms with Crippen molar-refractivity contribution in [1.29, 1.82) is 0 Å². The third-order valence-electron chi connectivity index (χ3n) is 3.74. The fourth-order valence-electron chi connectivity index (χ4n) is 2.60. The summed E-state index contributed by atoms with van der Waals surface area (Å²) in [5.74, 6) is -0.732. The molecule has 0 saturated heterocycles. The molecule has 22 heavy (non-hydrogen) atoms. The van der Waals surface area contributed by atoms with E-state index in [2.05, 4.69) is 5.32 Å². The summed E-state index contributed by atoms with van der Waals surface area (Å²) in [5.41, 5.74) is 1.88. The van der Waals surface area contributed by atoms with E-state index in [0.717, 1.165) is 5.56 Å². The molecule has 1 amide bonds. The number of rotatable bonds is 2. The van der Waals surface area contributed by atoms with E-state index >= 15 is 0 Å². The van der Waals surface area contributed by atoms with Crippen LogP contribution in [0, 0.1) is 5.82 Å². The molecule has 1 aliphatic heterocycles. The fraction of sp³-hybridized carbons (Fsp3) is 0.188. The molecule has 0 aromatic heterocycles. The number of nitrogens with one attached hydrogen (secondary N) is 1. The maximum Gasteiger partial charge on any atom is 0.492 e. The number of amides is 1. The molecule has 0 saturated carbocycles. The van der Waals surface area contributed by atoms with Crippen LogP contribution in [0.4, 0.5) is 10.1 Å². The minimum atomic E-state index is -1.01. The minimum absolute atomic E-state index is 0.340. The number of anilines is 1. The molecule has 3 rings (SSSR count). The second-order valence-electron chi connectivity index (χ2n) is 5.74. The molecule has 0 aliphatic carbocycles. The molecule has 0 bridgehead atoms. The van der Waals surface area contributed by atoms with Crippen molar-refractivity contribution >= 4 is 24.2 Å². The molecule has 4 nitrogen and oxygen atoms in total. The largest absolute Gasteiger partial charge is 0.492 e. The van der Waals surface area contributed by atoms with Crippen LogP contribution in [0.5, 0.6) is 0 Å². The first-order valence-corrected chi connectivity index (χ1v) is 6.94. The van der Waals surface area contributed by atoms with Gasteiger partial charge < -0.3 is 15.0 Å². The lowest BCUT2D eigenvalue weighted by Crippen LogP contribution is -2.29. The van der Waals surface area contributed by atoms with Crippen LogP contribution in [-0.4, -0.2) is 18.0 Å². The Morgan fingerprint density at radius 1 is 1.23 bits per heavy atom. The van der Waals surface area contributed by atoms with Gasteiger partial charge >= 0.3 is 7.12 Å². The van der Waals surface area contributed by atoms with Gasteiger partial charge in [-0.3, -0.25) is 4.79 Å². The SMILES string of the molecule is CC1(C)OB(O)c2cc(NC(=O)c3ccc(F)cc3)ccc21. The van der Waals surface area contributed by atoms with E-state index < -0.39 is 18.5 Å². The molecule has 0 radical (unpaired) electrons. The number of hydrogen-bond donors (Lipinski definition) is 2. The van der Waals surface area contributed by atoms with Gasteiger partial charge in [0, 0.05) is 11.3 Å². The molecule has 0 atom stereocenters. The van der Waals surface area contributed by atoms with Crippen molar-refractivity contribution in [3.05, 3.63) is 59.4 Å². The number of carbonyl (C=O) groups excluding carboxylic acids is 1. The highest BCUT2D eigenvalue weighted by Crippen LogP contribution is 2.30. The van der Waals surface area contributed by atoms with Crippen molar-refractivity contribution in [2.24, 2.45) is 0 Å². The van der Waals surface area contributed by atoms with Gasteiger partial charge in [-0.1, -0.05) is 6.07 Å². The Bertz CT molecular complexity index is 731. The van der Waals surface area contributed by atoms with Crippen LogP contribution < -0.4 is 10.8 Å². The van der Waals surface area contributed by atoms with Crippen molar-refractivity contribution in [1.82, 2.24) is 0 Å². The average Bonchev–Trinajstić information content (AvgIpc) is 2.69. The zero-order valence-electron chi connectivity index (χ0n) is 12.3. The van der Waals surface area contributed by atoms with Crippen LogP contribution in [0.3, 0.4) is 0 Å². The van der Waals surface area contributed by atoms with Crippen LogP contribution in [0.15, 0.2) is 42.5 Å². The summed E-state index contributed by atoms with van der Waals surface area (Å²) in [6.07, 6.45) is 0. The number of benzene rings is 2. The van der Waals surface area contributed by atoms with Gasteiger partial charge in [-0.25, -0.2) is 4.39 Å². The molecule has 0 fully saturated rings. The van der Waals surface area contributed by atoms with Gasteiger partial charge in [-0.05, 0) is 61.3 Å². The highest BCUT2D eigenvalue weighted by molar-refractivity contribution is 6.62. The third kappa shape index (κ3) is 2.63. The van der Waals surface area contributed by atoms with E-state index in [1.54, 1.807) is 12.1 Å². The Kier molecular flexibility index (Phi) is 3.50. The van der Waals surface area contributed by atoms with Gasteiger partial charge in [0.15, 0.2) is 0 Å². The monoisotopic (exact) mass is 299 g/mol. The lowest BCUT2D eigenvalue weighted by Gasteiger charge is -2.19. The van der Waals surface area contributed by atoms with Crippen LogP contribution in [-0.2, 0) is 10.3 Å². The lowest BCUT2D eigenvalue weighted by molar-refractivity contribution is 0.100. The quantitative estimate of drug-likeness (QED) is 0.834. The highest BCUT2D eigenvalue weighted by atomic mass is 19.1. The molecule has 2 aromatic carbocycles. The van der Waals surface area contributed by atoms with Gasteiger partial charge in [-0.15, -0.1) is 0 Å². The first kappa shape index (κ1) is 14.7. The standard InChI is InChI=1S/C16H15BFNO3/c1-16(2)13-8-7-12(9-14(13)17(21)22-16)19-15(20)10-3-5-11(18)6-4-10/h3-9,21H,1-2H3,(H,19,20). The van der Waals surface area contributed by atoms with Crippen molar-refractivity contribution in [2.45, 2.75) is 19.4 Å². The summed E-state index contributed by atoms with van der Waals surface area (Å²) in [4.78, 5) is 12.1. The van der Waals surface area contributed by atoms with E-state index in [9.17, 15) is 14.2 Å². The molecular weight excluding hydrogens is 284 g/mol. The Morgan fingerprint density at radius 3 is 2.59 bits per heavy atom. The molecule has 1 heterocycles. The molecule has 0 spiro atoms. The summed E-state index contributed by atoms with van der Waals surface area (Å²) in [5, 5.41) is 12.7. The highest BCUT2D eigenvalue weighted by Gasteiger charge is 2.40. The maximum atomic E-state index is 12.9. The molecule has 2 aromatic rings. The van der Waals surface area contributed by atoms with Gasteiger partial charge in [0.25, 0.3) is 5.91 Å².